The number of rotatable bonds is 5. The predicted molar refractivity (Wildman–Crippen MR) is 111 cm³/mol. The quantitative estimate of drug-likeness (QED) is 0.676. The minimum atomic E-state index is -0.394. The van der Waals surface area contributed by atoms with Crippen molar-refractivity contribution in [1.82, 2.24) is 5.32 Å². The molecule has 150 valence electrons. The molecule has 1 aliphatic heterocycles. The average molecular weight is 385 g/mol. The zero-order chi connectivity index (χ0) is 20.1. The first-order chi connectivity index (χ1) is 13.4. The molecular weight excluding hydrogens is 357 g/mol. The molecule has 1 saturated heterocycles. The van der Waals surface area contributed by atoms with E-state index in [0.29, 0.717) is 23.0 Å². The number of nitrogens with one attached hydrogen (secondary N) is 3. The summed E-state index contributed by atoms with van der Waals surface area (Å²) in [5, 5.41) is 8.98. The highest BCUT2D eigenvalue weighted by atomic mass is 19.1. The largest absolute Gasteiger partial charge is 0.489 e. The summed E-state index contributed by atoms with van der Waals surface area (Å²) in [6.07, 6.45) is 2.18. The number of urea groups is 1. The Morgan fingerprint density at radius 3 is 2.46 bits per heavy atom. The van der Waals surface area contributed by atoms with Crippen LogP contribution in [0.1, 0.15) is 43.7 Å². The van der Waals surface area contributed by atoms with Crippen molar-refractivity contribution in [3.63, 3.8) is 0 Å². The molecule has 28 heavy (non-hydrogen) atoms. The van der Waals surface area contributed by atoms with Crippen LogP contribution in [0.5, 0.6) is 5.75 Å². The first-order valence-electron chi connectivity index (χ1n) is 9.78. The van der Waals surface area contributed by atoms with Crippen LogP contribution in [0.25, 0.3) is 0 Å². The number of amides is 2. The topological polar surface area (TPSA) is 62.4 Å². The highest BCUT2D eigenvalue weighted by Crippen LogP contribution is 2.36. The van der Waals surface area contributed by atoms with Crippen molar-refractivity contribution >= 4 is 17.4 Å². The number of hydrogen-bond acceptors (Lipinski definition) is 3. The lowest BCUT2D eigenvalue weighted by Gasteiger charge is -2.26. The molecule has 2 aromatic carbocycles. The fourth-order valence-electron chi connectivity index (χ4n) is 3.54. The lowest BCUT2D eigenvalue weighted by atomic mass is 9.87. The molecule has 0 spiro atoms. The lowest BCUT2D eigenvalue weighted by Crippen LogP contribution is -2.27. The van der Waals surface area contributed by atoms with Gasteiger partial charge in [0.25, 0.3) is 0 Å². The van der Waals surface area contributed by atoms with Gasteiger partial charge in [-0.15, -0.1) is 0 Å². The molecular formula is C22H28FN3O2. The molecule has 3 rings (SSSR count). The van der Waals surface area contributed by atoms with Crippen LogP contribution in [-0.2, 0) is 0 Å². The Morgan fingerprint density at radius 2 is 1.82 bits per heavy atom. The van der Waals surface area contributed by atoms with Crippen LogP contribution in [0.3, 0.4) is 0 Å². The molecule has 0 aliphatic carbocycles. The third-order valence-corrected chi connectivity index (χ3v) is 4.86. The van der Waals surface area contributed by atoms with E-state index < -0.39 is 6.03 Å². The number of ether oxygens (including phenoxy) is 1. The van der Waals surface area contributed by atoms with Crippen molar-refractivity contribution in [1.29, 1.82) is 0 Å². The van der Waals surface area contributed by atoms with Gasteiger partial charge in [0.05, 0.1) is 11.8 Å². The van der Waals surface area contributed by atoms with Gasteiger partial charge < -0.3 is 20.7 Å². The summed E-state index contributed by atoms with van der Waals surface area (Å²) >= 11 is 0. The third-order valence-electron chi connectivity index (χ3n) is 4.86. The lowest BCUT2D eigenvalue weighted by molar-refractivity contribution is 0.242. The number of anilines is 2. The van der Waals surface area contributed by atoms with Crippen LogP contribution < -0.4 is 20.7 Å². The second-order valence-electron chi connectivity index (χ2n) is 7.48. The van der Waals surface area contributed by atoms with E-state index in [9.17, 15) is 9.18 Å². The zero-order valence-electron chi connectivity index (χ0n) is 16.6. The van der Waals surface area contributed by atoms with Crippen LogP contribution >= 0.6 is 0 Å². The average Bonchev–Trinajstić information content (AvgIpc) is 2.66. The molecule has 1 fully saturated rings. The minimum absolute atomic E-state index is 0.00992. The Kier molecular flexibility index (Phi) is 6.52. The summed E-state index contributed by atoms with van der Waals surface area (Å²) < 4.78 is 19.0. The van der Waals surface area contributed by atoms with E-state index in [2.05, 4.69) is 28.9 Å². The SMILES string of the molecule is Cc1cc(NC(=O)Nc2ccc(F)cc2)c(OC(C)C)cc1C1CCNCC1. The van der Waals surface area contributed by atoms with Gasteiger partial charge in [0.15, 0.2) is 0 Å². The Labute approximate surface area is 165 Å². The molecule has 1 aliphatic rings. The number of halogens is 1. The molecule has 2 amide bonds. The summed E-state index contributed by atoms with van der Waals surface area (Å²) in [5.41, 5.74) is 3.57. The second kappa shape index (κ2) is 9.06. The summed E-state index contributed by atoms with van der Waals surface area (Å²) in [4.78, 5) is 12.4. The molecule has 0 unspecified atom stereocenters. The van der Waals surface area contributed by atoms with E-state index in [0.717, 1.165) is 31.5 Å². The number of hydrogen-bond donors (Lipinski definition) is 3. The van der Waals surface area contributed by atoms with Gasteiger partial charge in [0, 0.05) is 5.69 Å². The normalized spacial score (nSPS) is 14.8. The third kappa shape index (κ3) is 5.23. The van der Waals surface area contributed by atoms with Gasteiger partial charge >= 0.3 is 6.03 Å². The van der Waals surface area contributed by atoms with Crippen LogP contribution in [-0.4, -0.2) is 25.2 Å². The van der Waals surface area contributed by atoms with E-state index in [1.54, 1.807) is 0 Å². The smallest absolute Gasteiger partial charge is 0.323 e. The first kappa shape index (κ1) is 20.1. The Balaban J connectivity index is 1.80. The number of piperidine rings is 1. The van der Waals surface area contributed by atoms with Crippen LogP contribution in [0.2, 0.25) is 0 Å². The van der Waals surface area contributed by atoms with Crippen LogP contribution in [0, 0.1) is 12.7 Å². The maximum absolute atomic E-state index is 13.0. The molecule has 2 aromatic rings. The molecule has 6 heteroatoms. The summed E-state index contributed by atoms with van der Waals surface area (Å²) in [5.74, 6) is 0.823. The molecule has 0 aromatic heterocycles. The van der Waals surface area contributed by atoms with Crippen molar-refractivity contribution in [3.05, 3.63) is 53.3 Å². The van der Waals surface area contributed by atoms with Gasteiger partial charge in [0.1, 0.15) is 11.6 Å². The molecule has 0 atom stereocenters. The second-order valence-corrected chi connectivity index (χ2v) is 7.48. The van der Waals surface area contributed by atoms with Gasteiger partial charge in [-0.2, -0.15) is 0 Å². The Hall–Kier alpha value is -2.60. The molecule has 0 saturated carbocycles. The summed E-state index contributed by atoms with van der Waals surface area (Å²) in [6.45, 7) is 8.04. The molecule has 0 radical (unpaired) electrons. The Morgan fingerprint density at radius 1 is 1.14 bits per heavy atom. The van der Waals surface area contributed by atoms with E-state index >= 15 is 0 Å². The van der Waals surface area contributed by atoms with Crippen molar-refractivity contribution in [2.45, 2.75) is 45.6 Å². The zero-order valence-corrected chi connectivity index (χ0v) is 16.6. The maximum Gasteiger partial charge on any atom is 0.323 e. The molecule has 3 N–H and O–H groups in total. The van der Waals surface area contributed by atoms with E-state index in [1.165, 1.54) is 29.8 Å². The first-order valence-corrected chi connectivity index (χ1v) is 9.78. The fraction of sp³-hybridized carbons (Fsp3) is 0.409. The highest BCUT2D eigenvalue weighted by Gasteiger charge is 2.20. The van der Waals surface area contributed by atoms with Crippen LogP contribution in [0.15, 0.2) is 36.4 Å². The number of benzene rings is 2. The van der Waals surface area contributed by atoms with E-state index in [4.69, 9.17) is 4.74 Å². The van der Waals surface area contributed by atoms with Crippen molar-refractivity contribution in [2.24, 2.45) is 0 Å². The van der Waals surface area contributed by atoms with E-state index in [1.807, 2.05) is 19.9 Å². The van der Waals surface area contributed by atoms with Crippen molar-refractivity contribution in [2.75, 3.05) is 23.7 Å². The maximum atomic E-state index is 13.0. The monoisotopic (exact) mass is 385 g/mol. The number of aryl methyl sites for hydroxylation is 1. The van der Waals surface area contributed by atoms with Gasteiger partial charge in [-0.1, -0.05) is 0 Å². The number of carbonyl (C=O) groups excluding carboxylic acids is 1. The summed E-state index contributed by atoms with van der Waals surface area (Å²) in [7, 11) is 0. The Bertz CT molecular complexity index is 815. The summed E-state index contributed by atoms with van der Waals surface area (Å²) in [6, 6.07) is 9.30. The van der Waals surface area contributed by atoms with E-state index in [-0.39, 0.29) is 11.9 Å². The standard InChI is InChI=1S/C22H28FN3O2/c1-14(2)28-21-13-19(16-8-10-24-11-9-16)15(3)12-20(21)26-22(27)25-18-6-4-17(23)5-7-18/h4-7,12-14,16,24H,8-11H2,1-3H3,(H2,25,26,27). The predicted octanol–water partition coefficient (Wildman–Crippen LogP) is 5.03. The minimum Gasteiger partial charge on any atom is -0.489 e. The van der Waals surface area contributed by atoms with Gasteiger partial charge in [-0.25, -0.2) is 9.18 Å². The number of carbonyl (C=O) groups is 1. The van der Waals surface area contributed by atoms with Crippen LogP contribution in [0.4, 0.5) is 20.6 Å². The van der Waals surface area contributed by atoms with Gasteiger partial charge in [-0.3, -0.25) is 0 Å². The molecule has 5 nitrogen and oxygen atoms in total. The van der Waals surface area contributed by atoms with Crippen molar-refractivity contribution < 1.29 is 13.9 Å². The van der Waals surface area contributed by atoms with Gasteiger partial charge in [-0.05, 0) is 100 Å². The fourth-order valence-corrected chi connectivity index (χ4v) is 3.54. The van der Waals surface area contributed by atoms with Gasteiger partial charge in [0.2, 0.25) is 0 Å². The van der Waals surface area contributed by atoms with Crippen molar-refractivity contribution in [3.8, 4) is 5.75 Å². The molecule has 0 bridgehead atoms. The molecule has 1 heterocycles. The highest BCUT2D eigenvalue weighted by molar-refractivity contribution is 6.00.